The lowest BCUT2D eigenvalue weighted by Gasteiger charge is -2.25. The Balaban J connectivity index is 1.59. The summed E-state index contributed by atoms with van der Waals surface area (Å²) in [5.74, 6) is 0. The van der Waals surface area contributed by atoms with Gasteiger partial charge in [-0.2, -0.15) is 0 Å². The van der Waals surface area contributed by atoms with Gasteiger partial charge in [-0.05, 0) is 30.2 Å². The number of hydrogen-bond acceptors (Lipinski definition) is 6. The van der Waals surface area contributed by atoms with Crippen molar-refractivity contribution in [1.29, 1.82) is 0 Å². The monoisotopic (exact) mass is 436 g/mol. The third kappa shape index (κ3) is 3.65. The highest BCUT2D eigenvalue weighted by Crippen LogP contribution is 2.47. The summed E-state index contributed by atoms with van der Waals surface area (Å²) in [7, 11) is 1.37. The number of carbonyl (C=O) groups is 2. The molecule has 29 heavy (non-hydrogen) atoms. The van der Waals surface area contributed by atoms with Gasteiger partial charge in [0, 0.05) is 54.2 Å². The van der Waals surface area contributed by atoms with Crippen LogP contribution in [0.25, 0.3) is 0 Å². The van der Waals surface area contributed by atoms with E-state index < -0.39 is 0 Å². The standard InChI is InChI=1S/C19H21ClN4O4S/c1-28-18(27)23-6-5-19(10-23)11-24(15-3-2-12(20)8-14(15)19)17(26)22-16-21-13(4-7-25)9-29-16/h2-3,8-9,25H,4-7,10-11H2,1H3,(H,21,22,26). The molecule has 8 nitrogen and oxygen atoms in total. The summed E-state index contributed by atoms with van der Waals surface area (Å²) in [6, 6.07) is 5.20. The van der Waals surface area contributed by atoms with Crippen LogP contribution in [-0.2, 0) is 16.6 Å². The maximum Gasteiger partial charge on any atom is 0.409 e. The van der Waals surface area contributed by atoms with Crippen LogP contribution < -0.4 is 10.2 Å². The lowest BCUT2D eigenvalue weighted by atomic mass is 9.81. The second-order valence-electron chi connectivity index (χ2n) is 7.22. The number of aliphatic hydroxyl groups excluding tert-OH is 1. The molecule has 1 spiro atoms. The molecule has 0 radical (unpaired) electrons. The smallest absolute Gasteiger partial charge is 0.409 e. The molecule has 1 atom stereocenters. The molecule has 10 heteroatoms. The average molecular weight is 437 g/mol. The Kier molecular flexibility index (Phi) is 5.37. The van der Waals surface area contributed by atoms with Crippen LogP contribution in [-0.4, -0.2) is 60.5 Å². The second kappa shape index (κ2) is 7.81. The predicted octanol–water partition coefficient (Wildman–Crippen LogP) is 3.09. The zero-order chi connectivity index (χ0) is 20.6. The molecular formula is C19H21ClN4O4S. The van der Waals surface area contributed by atoms with Gasteiger partial charge < -0.3 is 14.7 Å². The molecule has 0 aliphatic carbocycles. The third-order valence-corrected chi connectivity index (χ3v) is 6.49. The number of amides is 3. The molecule has 4 rings (SSSR count). The molecule has 154 valence electrons. The number of aromatic nitrogens is 1. The van der Waals surface area contributed by atoms with Crippen LogP contribution in [0.4, 0.5) is 20.4 Å². The minimum atomic E-state index is -0.378. The van der Waals surface area contributed by atoms with E-state index in [-0.39, 0.29) is 24.1 Å². The Labute approximate surface area is 177 Å². The van der Waals surface area contributed by atoms with E-state index in [0.29, 0.717) is 36.2 Å². The number of urea groups is 1. The van der Waals surface area contributed by atoms with Gasteiger partial charge in [0.15, 0.2) is 5.13 Å². The van der Waals surface area contributed by atoms with E-state index in [1.54, 1.807) is 15.9 Å². The van der Waals surface area contributed by atoms with Crippen molar-refractivity contribution in [2.45, 2.75) is 18.3 Å². The molecule has 0 saturated carbocycles. The number of nitrogens with zero attached hydrogens (tertiary/aromatic N) is 3. The lowest BCUT2D eigenvalue weighted by Crippen LogP contribution is -2.41. The Bertz CT molecular complexity index is 952. The first-order chi connectivity index (χ1) is 14.0. The van der Waals surface area contributed by atoms with Gasteiger partial charge >= 0.3 is 12.1 Å². The Morgan fingerprint density at radius 1 is 1.41 bits per heavy atom. The zero-order valence-electron chi connectivity index (χ0n) is 15.9. The number of aliphatic hydroxyl groups is 1. The van der Waals surface area contributed by atoms with E-state index in [1.165, 1.54) is 18.4 Å². The summed E-state index contributed by atoms with van der Waals surface area (Å²) >= 11 is 7.57. The topological polar surface area (TPSA) is 95.0 Å². The number of hydrogen-bond donors (Lipinski definition) is 2. The summed E-state index contributed by atoms with van der Waals surface area (Å²) in [5, 5.41) is 14.8. The van der Waals surface area contributed by atoms with Crippen LogP contribution in [0, 0.1) is 0 Å². The van der Waals surface area contributed by atoms with Crippen LogP contribution in [0.1, 0.15) is 17.7 Å². The summed E-state index contributed by atoms with van der Waals surface area (Å²) in [4.78, 5) is 32.7. The van der Waals surface area contributed by atoms with Gasteiger partial charge in [-0.25, -0.2) is 14.6 Å². The predicted molar refractivity (Wildman–Crippen MR) is 111 cm³/mol. The SMILES string of the molecule is COC(=O)N1CCC2(C1)CN(C(=O)Nc1nc(CCO)cs1)c1ccc(Cl)cc12. The van der Waals surface area contributed by atoms with Crippen LogP contribution >= 0.6 is 22.9 Å². The number of likely N-dealkylation sites (tertiary alicyclic amines) is 1. The summed E-state index contributed by atoms with van der Waals surface area (Å²) in [5.41, 5.74) is 2.11. The number of ether oxygens (including phenoxy) is 1. The molecule has 1 saturated heterocycles. The number of benzene rings is 1. The van der Waals surface area contributed by atoms with Crippen LogP contribution in [0.3, 0.4) is 0 Å². The van der Waals surface area contributed by atoms with Gasteiger partial charge in [0.2, 0.25) is 0 Å². The van der Waals surface area contributed by atoms with Gasteiger partial charge in [0.25, 0.3) is 0 Å². The first-order valence-corrected chi connectivity index (χ1v) is 10.5. The van der Waals surface area contributed by atoms with Crippen molar-refractivity contribution in [3.05, 3.63) is 39.9 Å². The summed E-state index contributed by atoms with van der Waals surface area (Å²) in [6.45, 7) is 1.48. The van der Waals surface area contributed by atoms with Crippen molar-refractivity contribution in [1.82, 2.24) is 9.88 Å². The second-order valence-corrected chi connectivity index (χ2v) is 8.51. The van der Waals surface area contributed by atoms with Crippen molar-refractivity contribution in [2.24, 2.45) is 0 Å². The molecule has 0 bridgehead atoms. The lowest BCUT2D eigenvalue weighted by molar-refractivity contribution is 0.131. The molecule has 2 aromatic rings. The molecular weight excluding hydrogens is 416 g/mol. The van der Waals surface area contributed by atoms with Crippen LogP contribution in [0.2, 0.25) is 5.02 Å². The first kappa shape index (κ1) is 19.9. The Morgan fingerprint density at radius 2 is 2.24 bits per heavy atom. The average Bonchev–Trinajstić information content (AvgIpc) is 3.41. The fourth-order valence-corrected chi connectivity index (χ4v) is 4.99. The minimum absolute atomic E-state index is 0.0105. The fourth-order valence-electron chi connectivity index (χ4n) is 4.08. The van der Waals surface area contributed by atoms with Crippen molar-refractivity contribution >= 4 is 45.9 Å². The quantitative estimate of drug-likeness (QED) is 0.770. The van der Waals surface area contributed by atoms with E-state index in [1.807, 2.05) is 17.5 Å². The van der Waals surface area contributed by atoms with Gasteiger partial charge in [-0.15, -0.1) is 11.3 Å². The summed E-state index contributed by atoms with van der Waals surface area (Å²) in [6.07, 6.45) is 0.800. The van der Waals surface area contributed by atoms with Gasteiger partial charge in [0.05, 0.1) is 12.8 Å². The van der Waals surface area contributed by atoms with Crippen molar-refractivity contribution < 1.29 is 19.4 Å². The van der Waals surface area contributed by atoms with Gasteiger partial charge in [-0.1, -0.05) is 11.6 Å². The Hall–Kier alpha value is -2.36. The largest absolute Gasteiger partial charge is 0.453 e. The number of halogens is 1. The molecule has 2 N–H and O–H groups in total. The normalized spacial score (nSPS) is 20.2. The number of nitrogens with one attached hydrogen (secondary N) is 1. The van der Waals surface area contributed by atoms with E-state index in [0.717, 1.165) is 23.4 Å². The first-order valence-electron chi connectivity index (χ1n) is 9.22. The van der Waals surface area contributed by atoms with E-state index in [4.69, 9.17) is 21.4 Å². The summed E-state index contributed by atoms with van der Waals surface area (Å²) < 4.78 is 4.87. The number of carbonyl (C=O) groups excluding carboxylic acids is 2. The van der Waals surface area contributed by atoms with Crippen LogP contribution in [0.15, 0.2) is 23.6 Å². The molecule has 1 aromatic heterocycles. The van der Waals surface area contributed by atoms with E-state index in [9.17, 15) is 9.59 Å². The third-order valence-electron chi connectivity index (χ3n) is 5.45. The molecule has 1 aromatic carbocycles. The fraction of sp³-hybridized carbons (Fsp3) is 0.421. The van der Waals surface area contributed by atoms with Crippen molar-refractivity contribution in [2.75, 3.05) is 43.6 Å². The van der Waals surface area contributed by atoms with E-state index >= 15 is 0 Å². The van der Waals surface area contributed by atoms with Crippen molar-refractivity contribution in [3.63, 3.8) is 0 Å². The molecule has 3 heterocycles. The van der Waals surface area contributed by atoms with Gasteiger partial charge in [-0.3, -0.25) is 10.2 Å². The number of rotatable bonds is 3. The highest BCUT2D eigenvalue weighted by molar-refractivity contribution is 7.13. The molecule has 1 unspecified atom stereocenters. The number of anilines is 2. The van der Waals surface area contributed by atoms with Crippen molar-refractivity contribution in [3.8, 4) is 0 Å². The Morgan fingerprint density at radius 3 is 3.00 bits per heavy atom. The number of thiazole rings is 1. The molecule has 2 aliphatic heterocycles. The number of methoxy groups -OCH3 is 1. The maximum absolute atomic E-state index is 13.0. The molecule has 2 aliphatic rings. The zero-order valence-corrected chi connectivity index (χ0v) is 17.4. The highest BCUT2D eigenvalue weighted by Gasteiger charge is 2.50. The highest BCUT2D eigenvalue weighted by atomic mass is 35.5. The molecule has 1 fully saturated rings. The molecule has 3 amide bonds. The number of fused-ring (bicyclic) bond motifs is 2. The van der Waals surface area contributed by atoms with E-state index in [2.05, 4.69) is 10.3 Å². The van der Waals surface area contributed by atoms with Crippen LogP contribution in [0.5, 0.6) is 0 Å². The van der Waals surface area contributed by atoms with Gasteiger partial charge in [0.1, 0.15) is 0 Å². The minimum Gasteiger partial charge on any atom is -0.453 e. The maximum atomic E-state index is 13.0.